The van der Waals surface area contributed by atoms with E-state index >= 15 is 0 Å². The molecular weight excluding hydrogens is 997 g/mol. The summed E-state index contributed by atoms with van der Waals surface area (Å²) in [6.07, 6.45) is 3.74. The number of hydrogen-bond donors (Lipinski definition) is 5. The number of phenols is 1. The number of rotatable bonds is 28. The Bertz CT molecular complexity index is 3110. The van der Waals surface area contributed by atoms with Gasteiger partial charge in [0.25, 0.3) is 5.91 Å². The van der Waals surface area contributed by atoms with E-state index in [-0.39, 0.29) is 57.3 Å². The van der Waals surface area contributed by atoms with E-state index in [1.807, 2.05) is 15.5 Å². The second-order valence-electron chi connectivity index (χ2n) is 17.3. The molecule has 0 unspecified atom stereocenters. The van der Waals surface area contributed by atoms with Crippen LogP contribution in [0.1, 0.15) is 52.2 Å². The van der Waals surface area contributed by atoms with Crippen molar-refractivity contribution in [3.05, 3.63) is 129 Å². The highest BCUT2D eigenvalue weighted by Gasteiger charge is 2.39. The zero-order valence-corrected chi connectivity index (χ0v) is 41.7. The van der Waals surface area contributed by atoms with E-state index in [4.69, 9.17) is 44.4 Å². The molecule has 1 fully saturated rings. The molecule has 3 aromatic carbocycles. The Morgan fingerprint density at radius 2 is 1.61 bits per heavy atom. The van der Waals surface area contributed by atoms with Gasteiger partial charge in [0.1, 0.15) is 41.0 Å². The minimum Gasteiger partial charge on any atom is -0.508 e. The highest BCUT2D eigenvalue weighted by molar-refractivity contribution is 6.32. The van der Waals surface area contributed by atoms with Crippen LogP contribution in [0.25, 0.3) is 39.1 Å². The number of anilines is 1. The third kappa shape index (κ3) is 14.1. The maximum absolute atomic E-state index is 13.5. The first-order chi connectivity index (χ1) is 36.4. The van der Waals surface area contributed by atoms with Crippen LogP contribution in [-0.2, 0) is 30.3 Å². The molecular formula is C53H56ClFN7O13+. The molecule has 0 spiro atoms. The van der Waals surface area contributed by atoms with Crippen molar-refractivity contribution in [2.45, 2.75) is 38.4 Å². The van der Waals surface area contributed by atoms with E-state index in [1.54, 1.807) is 37.6 Å². The maximum atomic E-state index is 13.5. The SMILES string of the molecule is COc1ccc(-[n+]2c(N3CC(Oc4ccc(F)cc4Cl)C3)n[nH]c2COCCOCCOCCOCCNC(=O)CCCCCNC(=O)c2ccc(-c3c4ccc(=O)cc-4oc4cc(O)ccc34)c(C(=O)O)c2)cn1. The van der Waals surface area contributed by atoms with Crippen LogP contribution >= 0.6 is 11.6 Å². The molecule has 2 aromatic heterocycles. The van der Waals surface area contributed by atoms with Gasteiger partial charge in [-0.2, -0.15) is 9.67 Å². The number of nitrogens with one attached hydrogen (secondary N) is 3. The predicted octanol–water partition coefficient (Wildman–Crippen LogP) is 6.11. The molecule has 0 radical (unpaired) electrons. The molecule has 0 atom stereocenters. The molecule has 1 aliphatic carbocycles. The van der Waals surface area contributed by atoms with Crippen molar-refractivity contribution < 1.29 is 66.4 Å². The number of aromatic hydroxyl groups is 1. The molecule has 394 valence electrons. The van der Waals surface area contributed by atoms with Crippen molar-refractivity contribution in [3.63, 3.8) is 0 Å². The number of aromatic amines is 1. The molecule has 22 heteroatoms. The summed E-state index contributed by atoms with van der Waals surface area (Å²) in [6.45, 7) is 4.38. The van der Waals surface area contributed by atoms with E-state index in [2.05, 4.69) is 25.8 Å². The normalized spacial score (nSPS) is 12.5. The van der Waals surface area contributed by atoms with E-state index in [1.165, 1.54) is 54.6 Å². The van der Waals surface area contributed by atoms with Gasteiger partial charge in [-0.15, -0.1) is 0 Å². The zero-order chi connectivity index (χ0) is 52.7. The summed E-state index contributed by atoms with van der Waals surface area (Å²) < 4.78 is 55.3. The van der Waals surface area contributed by atoms with E-state index in [9.17, 15) is 33.8 Å². The molecule has 0 bridgehead atoms. The Labute approximate surface area is 434 Å². The van der Waals surface area contributed by atoms with Gasteiger partial charge < -0.3 is 53.7 Å². The van der Waals surface area contributed by atoms with Crippen molar-refractivity contribution in [2.24, 2.45) is 0 Å². The number of pyridine rings is 1. The lowest BCUT2D eigenvalue weighted by Gasteiger charge is -2.35. The molecule has 20 nitrogen and oxygen atoms in total. The number of carbonyl (C=O) groups is 3. The fraction of sp³-hybridized carbons (Fsp3) is 0.340. The zero-order valence-electron chi connectivity index (χ0n) is 41.0. The topological polar surface area (TPSA) is 250 Å². The summed E-state index contributed by atoms with van der Waals surface area (Å²) in [5.74, 6) is 0.135. The summed E-state index contributed by atoms with van der Waals surface area (Å²) in [4.78, 5) is 56.5. The number of halogens is 2. The molecule has 5 N–H and O–H groups in total. The number of ether oxygens (including phenoxy) is 6. The smallest absolute Gasteiger partial charge is 0.385 e. The summed E-state index contributed by atoms with van der Waals surface area (Å²) >= 11 is 6.16. The van der Waals surface area contributed by atoms with Gasteiger partial charge in [0, 0.05) is 64.9 Å². The van der Waals surface area contributed by atoms with Crippen molar-refractivity contribution in [1.82, 2.24) is 25.8 Å². The number of carbonyl (C=O) groups excluding carboxylic acids is 2. The second kappa shape index (κ2) is 26.0. The first-order valence-corrected chi connectivity index (χ1v) is 24.6. The fourth-order valence-electron chi connectivity index (χ4n) is 8.27. The Balaban J connectivity index is 0.653. The summed E-state index contributed by atoms with van der Waals surface area (Å²) in [6, 6.07) is 20.7. The minimum absolute atomic E-state index is 0.0631. The van der Waals surface area contributed by atoms with E-state index in [0.717, 1.165) is 5.69 Å². The number of fused-ring (bicyclic) bond motifs is 2. The summed E-state index contributed by atoms with van der Waals surface area (Å²) in [5.41, 5.74) is 2.04. The lowest BCUT2D eigenvalue weighted by molar-refractivity contribution is -0.595. The number of carboxylic acid groups (broad SMARTS) is 1. The predicted molar refractivity (Wildman–Crippen MR) is 272 cm³/mol. The van der Waals surface area contributed by atoms with Crippen molar-refractivity contribution in [2.75, 3.05) is 84.4 Å². The minimum atomic E-state index is -1.25. The quantitative estimate of drug-likeness (QED) is 0.0211. The largest absolute Gasteiger partial charge is 0.508 e. The molecule has 4 heterocycles. The number of phenolic OH excluding ortho intramolecular Hbond substituents is 1. The standard InChI is InChI=1S/C53H55ClFN7O13/c1-69-49-15-8-35(29-58-49)62-47(59-60-53(62)61-30-38(31-61)74-44-14-7-34(55)26-43(44)54)32-73-24-23-72-22-21-71-20-19-70-18-17-56-48(65)5-3-2-4-16-57-51(66)33-6-11-39(42(25-33)52(67)68)50-40-12-9-36(63)27-45(40)75-46-28-37(64)10-13-41(46)50/h6-15,25-29,38H,2-5,16-24,30-32H2,1H3,(H4,56,57,63,64,65,66,67,68)/p+1. The van der Waals surface area contributed by atoms with Crippen LogP contribution < -0.4 is 35.0 Å². The Kier molecular flexibility index (Phi) is 18.6. The van der Waals surface area contributed by atoms with Crippen molar-refractivity contribution in [1.29, 1.82) is 0 Å². The van der Waals surface area contributed by atoms with Gasteiger partial charge in [0.2, 0.25) is 17.6 Å². The Hall–Kier alpha value is -7.69. The molecule has 1 saturated heterocycles. The molecule has 2 amide bonds. The average Bonchev–Trinajstić information content (AvgIpc) is 3.81. The average molecular weight is 1050 g/mol. The lowest BCUT2D eigenvalue weighted by atomic mass is 9.90. The summed E-state index contributed by atoms with van der Waals surface area (Å²) in [7, 11) is 1.55. The summed E-state index contributed by atoms with van der Waals surface area (Å²) in [5, 5.41) is 34.3. The Morgan fingerprint density at radius 3 is 2.35 bits per heavy atom. The monoisotopic (exact) mass is 1050 g/mol. The fourth-order valence-corrected chi connectivity index (χ4v) is 8.48. The molecule has 5 aromatic rings. The third-order valence-corrected chi connectivity index (χ3v) is 12.3. The number of nitrogens with zero attached hydrogens (tertiary/aromatic N) is 4. The number of amides is 2. The number of carboxylic acids is 1. The van der Waals surface area contributed by atoms with Gasteiger partial charge >= 0.3 is 11.9 Å². The van der Waals surface area contributed by atoms with Crippen LogP contribution in [0.4, 0.5) is 10.3 Å². The number of H-pyrrole nitrogens is 1. The second-order valence-corrected chi connectivity index (χ2v) is 17.7. The van der Waals surface area contributed by atoms with Gasteiger partial charge in [-0.1, -0.05) is 24.1 Å². The van der Waals surface area contributed by atoms with Crippen LogP contribution in [0.15, 0.2) is 100 Å². The third-order valence-electron chi connectivity index (χ3n) is 12.0. The van der Waals surface area contributed by atoms with Crippen LogP contribution in [-0.4, -0.2) is 129 Å². The number of hydrogen-bond acceptors (Lipinski definition) is 15. The van der Waals surface area contributed by atoms with Gasteiger partial charge in [-0.05, 0) is 79.1 Å². The number of methoxy groups -OCH3 is 1. The van der Waals surface area contributed by atoms with Gasteiger partial charge in [0.05, 0.1) is 83.2 Å². The van der Waals surface area contributed by atoms with Crippen LogP contribution in [0.3, 0.4) is 0 Å². The van der Waals surface area contributed by atoms with Gasteiger partial charge in [-0.3, -0.25) is 19.3 Å². The molecule has 0 saturated carbocycles. The first kappa shape index (κ1) is 53.6. The molecule has 2 aliphatic heterocycles. The van der Waals surface area contributed by atoms with Crippen molar-refractivity contribution >= 4 is 46.3 Å². The Morgan fingerprint density at radius 1 is 0.853 bits per heavy atom. The van der Waals surface area contributed by atoms with Crippen LogP contribution in [0.2, 0.25) is 5.02 Å². The van der Waals surface area contributed by atoms with Crippen molar-refractivity contribution in [3.8, 4) is 45.5 Å². The number of aromatic carboxylic acids is 1. The van der Waals surface area contributed by atoms with E-state index < -0.39 is 17.7 Å². The van der Waals surface area contributed by atoms with E-state index in [0.29, 0.717) is 144 Å². The molecule has 75 heavy (non-hydrogen) atoms. The molecule has 8 rings (SSSR count). The maximum Gasteiger partial charge on any atom is 0.385 e. The highest BCUT2D eigenvalue weighted by Crippen LogP contribution is 2.42. The van der Waals surface area contributed by atoms with Gasteiger partial charge in [0.15, 0.2) is 11.5 Å². The number of unbranched alkanes of at least 4 members (excludes halogenated alkanes) is 2. The van der Waals surface area contributed by atoms with Crippen LogP contribution in [0, 0.1) is 5.82 Å². The number of benzene rings is 4. The number of aromatic nitrogens is 4. The molecule has 3 aliphatic rings. The highest BCUT2D eigenvalue weighted by atomic mass is 35.5. The lowest BCUT2D eigenvalue weighted by Crippen LogP contribution is -2.58. The van der Waals surface area contributed by atoms with Gasteiger partial charge in [-0.25, -0.2) is 14.2 Å². The first-order valence-electron chi connectivity index (χ1n) is 24.2. The van der Waals surface area contributed by atoms with Crippen LogP contribution in [0.5, 0.6) is 17.4 Å².